The molecule has 0 aromatic heterocycles. The van der Waals surface area contributed by atoms with Crippen molar-refractivity contribution >= 4 is 5.90 Å². The topological polar surface area (TPSA) is 42.8 Å². The zero-order chi connectivity index (χ0) is 6.81. The van der Waals surface area contributed by atoms with Crippen LogP contribution >= 0.6 is 0 Å². The maximum absolute atomic E-state index is 5.27. The summed E-state index contributed by atoms with van der Waals surface area (Å²) in [6.07, 6.45) is -0.0671. The number of rotatable bonds is 1. The van der Waals surface area contributed by atoms with Crippen molar-refractivity contribution in [3.63, 3.8) is 0 Å². The second-order valence-corrected chi connectivity index (χ2v) is 2.27. The van der Waals surface area contributed by atoms with Gasteiger partial charge in [0.1, 0.15) is 6.61 Å². The van der Waals surface area contributed by atoms with Gasteiger partial charge in [0, 0.05) is 6.54 Å². The molecule has 1 N–H and O–H groups in total. The molecule has 1 atom stereocenters. The van der Waals surface area contributed by atoms with Gasteiger partial charge in [-0.2, -0.15) is 0 Å². The van der Waals surface area contributed by atoms with E-state index in [0.717, 1.165) is 25.6 Å². The molecule has 2 heterocycles. The molecule has 0 radical (unpaired) electrons. The predicted molar refractivity (Wildman–Crippen MR) is 36.0 cm³/mol. The highest BCUT2D eigenvalue weighted by Crippen LogP contribution is 2.04. The van der Waals surface area contributed by atoms with Gasteiger partial charge >= 0.3 is 0 Å². The molecule has 4 nitrogen and oxygen atoms in total. The van der Waals surface area contributed by atoms with E-state index in [0.29, 0.717) is 6.61 Å². The van der Waals surface area contributed by atoms with Crippen LogP contribution in [0.3, 0.4) is 0 Å². The van der Waals surface area contributed by atoms with E-state index in [1.54, 1.807) is 0 Å². The fourth-order valence-electron chi connectivity index (χ4n) is 1.09. The lowest BCUT2D eigenvalue weighted by molar-refractivity contribution is 0.130. The highest BCUT2D eigenvalue weighted by atomic mass is 16.6. The van der Waals surface area contributed by atoms with Gasteiger partial charge in [-0.15, -0.1) is 0 Å². The van der Waals surface area contributed by atoms with Crippen molar-refractivity contribution in [2.45, 2.75) is 6.23 Å². The fraction of sp³-hybridized carbons (Fsp3) is 0.833. The van der Waals surface area contributed by atoms with Crippen LogP contribution in [0.4, 0.5) is 0 Å². The van der Waals surface area contributed by atoms with Crippen LogP contribution in [0.1, 0.15) is 0 Å². The standard InChI is InChI=1S/C6H10N2O2/c1-3-9-5(7-1)6-8-2-4-10-6/h5,7H,1-4H2. The Morgan fingerprint density at radius 1 is 1.50 bits per heavy atom. The Bertz CT molecular complexity index is 152. The normalized spacial score (nSPS) is 32.0. The van der Waals surface area contributed by atoms with Crippen LogP contribution in [0.5, 0.6) is 0 Å². The molecule has 2 rings (SSSR count). The van der Waals surface area contributed by atoms with Gasteiger partial charge in [-0.05, 0) is 0 Å². The smallest absolute Gasteiger partial charge is 0.229 e. The van der Waals surface area contributed by atoms with Gasteiger partial charge < -0.3 is 9.47 Å². The first-order chi connectivity index (χ1) is 4.97. The zero-order valence-electron chi connectivity index (χ0n) is 5.67. The molecule has 0 amide bonds. The average Bonchev–Trinajstić information content (AvgIpc) is 2.59. The van der Waals surface area contributed by atoms with Gasteiger partial charge in [-0.1, -0.05) is 0 Å². The predicted octanol–water partition coefficient (Wildman–Crippen LogP) is -0.639. The van der Waals surface area contributed by atoms with Crippen molar-refractivity contribution in [3.05, 3.63) is 0 Å². The average molecular weight is 142 g/mol. The van der Waals surface area contributed by atoms with Crippen molar-refractivity contribution in [2.75, 3.05) is 26.3 Å². The molecule has 0 saturated carbocycles. The number of nitrogens with one attached hydrogen (secondary N) is 1. The Labute approximate surface area is 59.2 Å². The lowest BCUT2D eigenvalue weighted by Crippen LogP contribution is -2.32. The van der Waals surface area contributed by atoms with Crippen LogP contribution in [0.2, 0.25) is 0 Å². The summed E-state index contributed by atoms with van der Waals surface area (Å²) in [5.74, 6) is 0.720. The van der Waals surface area contributed by atoms with Crippen LogP contribution < -0.4 is 5.32 Å². The van der Waals surface area contributed by atoms with E-state index < -0.39 is 0 Å². The Balaban J connectivity index is 1.97. The van der Waals surface area contributed by atoms with Crippen LogP contribution in [0.15, 0.2) is 4.99 Å². The molecule has 1 fully saturated rings. The van der Waals surface area contributed by atoms with Gasteiger partial charge in [0.25, 0.3) is 0 Å². The first-order valence-electron chi connectivity index (χ1n) is 3.49. The minimum atomic E-state index is -0.0671. The zero-order valence-corrected chi connectivity index (χ0v) is 5.67. The van der Waals surface area contributed by atoms with Crippen LogP contribution in [-0.2, 0) is 9.47 Å². The van der Waals surface area contributed by atoms with E-state index in [1.807, 2.05) is 0 Å². The Morgan fingerprint density at radius 3 is 3.10 bits per heavy atom. The fourth-order valence-corrected chi connectivity index (χ4v) is 1.09. The summed E-state index contributed by atoms with van der Waals surface area (Å²) in [6.45, 7) is 3.13. The second kappa shape index (κ2) is 2.56. The third-order valence-electron chi connectivity index (χ3n) is 1.55. The summed E-state index contributed by atoms with van der Waals surface area (Å²) in [5.41, 5.74) is 0. The van der Waals surface area contributed by atoms with Crippen molar-refractivity contribution < 1.29 is 9.47 Å². The van der Waals surface area contributed by atoms with Gasteiger partial charge in [0.15, 0.2) is 6.23 Å². The lowest BCUT2D eigenvalue weighted by atomic mass is 10.5. The molecule has 0 bridgehead atoms. The number of nitrogens with zero attached hydrogens (tertiary/aromatic N) is 1. The molecule has 10 heavy (non-hydrogen) atoms. The maximum Gasteiger partial charge on any atom is 0.229 e. The van der Waals surface area contributed by atoms with Crippen molar-refractivity contribution in [1.82, 2.24) is 5.32 Å². The molecule has 0 aromatic carbocycles. The number of ether oxygens (including phenoxy) is 2. The number of hydrogen-bond donors (Lipinski definition) is 1. The van der Waals surface area contributed by atoms with Crippen molar-refractivity contribution in [1.29, 1.82) is 0 Å². The minimum Gasteiger partial charge on any atom is -0.476 e. The van der Waals surface area contributed by atoms with E-state index >= 15 is 0 Å². The molecule has 1 unspecified atom stereocenters. The molecular weight excluding hydrogens is 132 g/mol. The summed E-state index contributed by atoms with van der Waals surface area (Å²) in [4.78, 5) is 4.12. The second-order valence-electron chi connectivity index (χ2n) is 2.27. The van der Waals surface area contributed by atoms with Crippen LogP contribution in [0.25, 0.3) is 0 Å². The lowest BCUT2D eigenvalue weighted by Gasteiger charge is -2.07. The van der Waals surface area contributed by atoms with E-state index in [9.17, 15) is 0 Å². The summed E-state index contributed by atoms with van der Waals surface area (Å²) >= 11 is 0. The summed E-state index contributed by atoms with van der Waals surface area (Å²) in [7, 11) is 0. The van der Waals surface area contributed by atoms with Gasteiger partial charge in [0.2, 0.25) is 5.90 Å². The van der Waals surface area contributed by atoms with E-state index in [4.69, 9.17) is 9.47 Å². The third kappa shape index (κ3) is 0.998. The number of hydrogen-bond acceptors (Lipinski definition) is 4. The quantitative estimate of drug-likeness (QED) is 0.529. The van der Waals surface area contributed by atoms with Crippen LogP contribution in [-0.4, -0.2) is 38.4 Å². The third-order valence-corrected chi connectivity index (χ3v) is 1.55. The molecule has 56 valence electrons. The summed E-state index contributed by atoms with van der Waals surface area (Å²) in [5, 5.41) is 3.12. The highest BCUT2D eigenvalue weighted by molar-refractivity contribution is 5.81. The molecule has 0 aliphatic carbocycles. The summed E-state index contributed by atoms with van der Waals surface area (Å²) < 4.78 is 10.5. The molecule has 0 spiro atoms. The van der Waals surface area contributed by atoms with E-state index in [2.05, 4.69) is 10.3 Å². The Kier molecular flexibility index (Phi) is 1.56. The minimum absolute atomic E-state index is 0.0671. The molecule has 2 aliphatic heterocycles. The largest absolute Gasteiger partial charge is 0.476 e. The highest BCUT2D eigenvalue weighted by Gasteiger charge is 2.24. The van der Waals surface area contributed by atoms with Crippen molar-refractivity contribution in [3.8, 4) is 0 Å². The van der Waals surface area contributed by atoms with Crippen LogP contribution in [0, 0.1) is 0 Å². The maximum atomic E-state index is 5.27. The molecule has 0 aromatic rings. The monoisotopic (exact) mass is 142 g/mol. The molecular formula is C6H10N2O2. The SMILES string of the molecule is C1COC(C2NCCO2)=N1. The first-order valence-corrected chi connectivity index (χ1v) is 3.49. The van der Waals surface area contributed by atoms with Gasteiger partial charge in [0.05, 0.1) is 13.2 Å². The van der Waals surface area contributed by atoms with Gasteiger partial charge in [-0.25, -0.2) is 4.99 Å². The Hall–Kier alpha value is -0.610. The molecule has 2 aliphatic rings. The van der Waals surface area contributed by atoms with E-state index in [1.165, 1.54) is 0 Å². The summed E-state index contributed by atoms with van der Waals surface area (Å²) in [6, 6.07) is 0. The molecule has 1 saturated heterocycles. The Morgan fingerprint density at radius 2 is 2.50 bits per heavy atom. The first kappa shape index (κ1) is 6.12. The van der Waals surface area contributed by atoms with Crippen molar-refractivity contribution in [2.24, 2.45) is 4.99 Å². The molecule has 4 heteroatoms. The van der Waals surface area contributed by atoms with E-state index in [-0.39, 0.29) is 6.23 Å². The number of aliphatic imine (C=N–C) groups is 1. The van der Waals surface area contributed by atoms with Gasteiger partial charge in [-0.3, -0.25) is 5.32 Å².